The van der Waals surface area contributed by atoms with E-state index in [0.717, 1.165) is 30.8 Å². The molecule has 0 fully saturated rings. The standard InChI is InChI=1S/C13H23N3/c1-4-6-7-12(14-8-5-2)13-10-15-11(3)9-16-13/h9-10,12,14H,4-8H2,1-3H3. The van der Waals surface area contributed by atoms with Crippen LogP contribution in [-0.2, 0) is 0 Å². The molecule has 0 saturated carbocycles. The maximum atomic E-state index is 4.46. The van der Waals surface area contributed by atoms with E-state index in [0.29, 0.717) is 6.04 Å². The summed E-state index contributed by atoms with van der Waals surface area (Å²) in [5.74, 6) is 0. The van der Waals surface area contributed by atoms with Gasteiger partial charge in [-0.3, -0.25) is 9.97 Å². The maximum Gasteiger partial charge on any atom is 0.0756 e. The van der Waals surface area contributed by atoms with Crippen LogP contribution in [-0.4, -0.2) is 16.5 Å². The van der Waals surface area contributed by atoms with Crippen LogP contribution in [0.2, 0.25) is 0 Å². The van der Waals surface area contributed by atoms with E-state index in [9.17, 15) is 0 Å². The van der Waals surface area contributed by atoms with Crippen molar-refractivity contribution in [2.45, 2.75) is 52.5 Å². The van der Waals surface area contributed by atoms with Gasteiger partial charge < -0.3 is 5.32 Å². The van der Waals surface area contributed by atoms with Crippen molar-refractivity contribution in [1.82, 2.24) is 15.3 Å². The third kappa shape index (κ3) is 4.27. The van der Waals surface area contributed by atoms with Gasteiger partial charge in [-0.1, -0.05) is 26.7 Å². The van der Waals surface area contributed by atoms with Crippen LogP contribution >= 0.6 is 0 Å². The van der Waals surface area contributed by atoms with E-state index in [4.69, 9.17) is 0 Å². The van der Waals surface area contributed by atoms with Gasteiger partial charge in [0, 0.05) is 6.20 Å². The van der Waals surface area contributed by atoms with Gasteiger partial charge in [0.25, 0.3) is 0 Å². The summed E-state index contributed by atoms with van der Waals surface area (Å²) in [5.41, 5.74) is 2.06. The van der Waals surface area contributed by atoms with E-state index in [1.165, 1.54) is 12.8 Å². The number of nitrogens with zero attached hydrogens (tertiary/aromatic N) is 2. The molecule has 3 heteroatoms. The van der Waals surface area contributed by atoms with Crippen LogP contribution in [0.4, 0.5) is 0 Å². The number of nitrogens with one attached hydrogen (secondary N) is 1. The molecule has 0 aliphatic rings. The largest absolute Gasteiger partial charge is 0.309 e. The highest BCUT2D eigenvalue weighted by atomic mass is 14.9. The average molecular weight is 221 g/mol. The van der Waals surface area contributed by atoms with E-state index >= 15 is 0 Å². The molecule has 3 nitrogen and oxygen atoms in total. The van der Waals surface area contributed by atoms with Gasteiger partial charge in [0.15, 0.2) is 0 Å². The second-order valence-electron chi connectivity index (χ2n) is 4.23. The third-order valence-electron chi connectivity index (χ3n) is 2.65. The molecule has 0 radical (unpaired) electrons. The summed E-state index contributed by atoms with van der Waals surface area (Å²) in [6.07, 6.45) is 8.51. The first-order valence-electron chi connectivity index (χ1n) is 6.29. The Balaban J connectivity index is 2.62. The molecule has 0 saturated heterocycles. The highest BCUT2D eigenvalue weighted by Gasteiger charge is 2.11. The molecule has 16 heavy (non-hydrogen) atoms. The first kappa shape index (κ1) is 13.1. The molecule has 1 atom stereocenters. The van der Waals surface area contributed by atoms with Crippen molar-refractivity contribution < 1.29 is 0 Å². The Bertz CT molecular complexity index is 274. The first-order chi connectivity index (χ1) is 7.77. The van der Waals surface area contributed by atoms with Gasteiger partial charge in [0.2, 0.25) is 0 Å². The second kappa shape index (κ2) is 7.34. The quantitative estimate of drug-likeness (QED) is 0.769. The number of hydrogen-bond acceptors (Lipinski definition) is 3. The molecule has 1 aromatic heterocycles. The number of hydrogen-bond donors (Lipinski definition) is 1. The zero-order chi connectivity index (χ0) is 11.8. The Kier molecular flexibility index (Phi) is 6.01. The van der Waals surface area contributed by atoms with Crippen molar-refractivity contribution in [2.75, 3.05) is 6.54 Å². The van der Waals surface area contributed by atoms with Crippen molar-refractivity contribution in [1.29, 1.82) is 0 Å². The van der Waals surface area contributed by atoms with Gasteiger partial charge in [-0.25, -0.2) is 0 Å². The predicted molar refractivity (Wildman–Crippen MR) is 67.3 cm³/mol. The van der Waals surface area contributed by atoms with Gasteiger partial charge in [-0.2, -0.15) is 0 Å². The van der Waals surface area contributed by atoms with Gasteiger partial charge >= 0.3 is 0 Å². The molecule has 0 aliphatic heterocycles. The van der Waals surface area contributed by atoms with Crippen molar-refractivity contribution >= 4 is 0 Å². The zero-order valence-corrected chi connectivity index (χ0v) is 10.7. The Morgan fingerprint density at radius 2 is 2.00 bits per heavy atom. The van der Waals surface area contributed by atoms with Gasteiger partial charge in [-0.15, -0.1) is 0 Å². The molecule has 0 bridgehead atoms. The van der Waals surface area contributed by atoms with Gasteiger partial charge in [0.05, 0.1) is 23.6 Å². The molecule has 1 rings (SSSR count). The van der Waals surface area contributed by atoms with E-state index < -0.39 is 0 Å². The lowest BCUT2D eigenvalue weighted by molar-refractivity contribution is 0.470. The highest BCUT2D eigenvalue weighted by Crippen LogP contribution is 2.16. The Morgan fingerprint density at radius 3 is 2.56 bits per heavy atom. The summed E-state index contributed by atoms with van der Waals surface area (Å²) in [5, 5.41) is 3.54. The van der Waals surface area contributed by atoms with Crippen molar-refractivity contribution in [3.8, 4) is 0 Å². The van der Waals surface area contributed by atoms with Crippen LogP contribution in [0.5, 0.6) is 0 Å². The zero-order valence-electron chi connectivity index (χ0n) is 10.7. The van der Waals surface area contributed by atoms with Crippen molar-refractivity contribution in [2.24, 2.45) is 0 Å². The predicted octanol–water partition coefficient (Wildman–Crippen LogP) is 3.02. The molecule has 0 amide bonds. The monoisotopic (exact) mass is 221 g/mol. The molecule has 0 aliphatic carbocycles. The fraction of sp³-hybridized carbons (Fsp3) is 0.692. The van der Waals surface area contributed by atoms with Crippen LogP contribution in [0.25, 0.3) is 0 Å². The molecule has 1 aromatic rings. The lowest BCUT2D eigenvalue weighted by atomic mass is 10.1. The maximum absolute atomic E-state index is 4.46. The van der Waals surface area contributed by atoms with E-state index in [1.807, 2.05) is 19.3 Å². The number of aromatic nitrogens is 2. The Morgan fingerprint density at radius 1 is 1.19 bits per heavy atom. The molecule has 1 unspecified atom stereocenters. The summed E-state index contributed by atoms with van der Waals surface area (Å²) >= 11 is 0. The Labute approximate surface area is 98.7 Å². The van der Waals surface area contributed by atoms with E-state index in [2.05, 4.69) is 29.1 Å². The summed E-state index contributed by atoms with van der Waals surface area (Å²) in [6, 6.07) is 0.369. The number of unbranched alkanes of at least 4 members (excludes halogenated alkanes) is 1. The topological polar surface area (TPSA) is 37.8 Å². The normalized spacial score (nSPS) is 12.7. The molecule has 1 N–H and O–H groups in total. The Hall–Kier alpha value is -0.960. The molecular weight excluding hydrogens is 198 g/mol. The molecular formula is C13H23N3. The van der Waals surface area contributed by atoms with Crippen molar-refractivity contribution in [3.05, 3.63) is 23.8 Å². The average Bonchev–Trinajstić information content (AvgIpc) is 2.31. The molecule has 90 valence electrons. The summed E-state index contributed by atoms with van der Waals surface area (Å²) in [7, 11) is 0. The van der Waals surface area contributed by atoms with Crippen LogP contribution in [0, 0.1) is 6.92 Å². The summed E-state index contributed by atoms with van der Waals surface area (Å²) < 4.78 is 0. The SMILES string of the molecule is CCCCC(NCCC)c1cnc(C)cn1. The van der Waals surface area contributed by atoms with E-state index in [1.54, 1.807) is 0 Å². The minimum atomic E-state index is 0.369. The minimum absolute atomic E-state index is 0.369. The number of aryl methyl sites for hydroxylation is 1. The van der Waals surface area contributed by atoms with Crippen LogP contribution in [0.1, 0.15) is 57.0 Å². The lowest BCUT2D eigenvalue weighted by Gasteiger charge is -2.17. The lowest BCUT2D eigenvalue weighted by Crippen LogP contribution is -2.23. The van der Waals surface area contributed by atoms with Gasteiger partial charge in [0.1, 0.15) is 0 Å². The van der Waals surface area contributed by atoms with Crippen LogP contribution < -0.4 is 5.32 Å². The fourth-order valence-corrected chi connectivity index (χ4v) is 1.66. The molecule has 1 heterocycles. The van der Waals surface area contributed by atoms with Crippen LogP contribution in [0.15, 0.2) is 12.4 Å². The number of rotatable bonds is 7. The smallest absolute Gasteiger partial charge is 0.0756 e. The van der Waals surface area contributed by atoms with Crippen molar-refractivity contribution in [3.63, 3.8) is 0 Å². The third-order valence-corrected chi connectivity index (χ3v) is 2.65. The summed E-state index contributed by atoms with van der Waals surface area (Å²) in [4.78, 5) is 8.77. The molecule has 0 aromatic carbocycles. The fourth-order valence-electron chi connectivity index (χ4n) is 1.66. The minimum Gasteiger partial charge on any atom is -0.309 e. The first-order valence-corrected chi connectivity index (χ1v) is 6.29. The summed E-state index contributed by atoms with van der Waals surface area (Å²) in [6.45, 7) is 7.42. The van der Waals surface area contributed by atoms with Gasteiger partial charge in [-0.05, 0) is 26.3 Å². The second-order valence-corrected chi connectivity index (χ2v) is 4.23. The van der Waals surface area contributed by atoms with Crippen LogP contribution in [0.3, 0.4) is 0 Å². The van der Waals surface area contributed by atoms with E-state index in [-0.39, 0.29) is 0 Å². The highest BCUT2D eigenvalue weighted by molar-refractivity contribution is 5.05. The molecule has 0 spiro atoms.